The lowest BCUT2D eigenvalue weighted by atomic mass is 10.1. The summed E-state index contributed by atoms with van der Waals surface area (Å²) in [6, 6.07) is 15.4. The van der Waals surface area contributed by atoms with Crippen molar-refractivity contribution in [3.8, 4) is 5.75 Å². The highest BCUT2D eigenvalue weighted by Gasteiger charge is 2.21. The van der Waals surface area contributed by atoms with Gasteiger partial charge in [0.25, 0.3) is 0 Å². The van der Waals surface area contributed by atoms with Crippen LogP contribution in [-0.4, -0.2) is 88.3 Å². The topological polar surface area (TPSA) is 125 Å². The zero-order valence-corrected chi connectivity index (χ0v) is 28.0. The van der Waals surface area contributed by atoms with Crippen molar-refractivity contribution in [3.63, 3.8) is 0 Å². The highest BCUT2D eigenvalue weighted by molar-refractivity contribution is 6.06. The van der Waals surface area contributed by atoms with Crippen molar-refractivity contribution in [2.24, 2.45) is 0 Å². The molecule has 2 aromatic carbocycles. The van der Waals surface area contributed by atoms with Gasteiger partial charge in [0.05, 0.1) is 24.2 Å². The number of amides is 1. The Labute approximate surface area is 271 Å². The van der Waals surface area contributed by atoms with E-state index in [9.17, 15) is 9.59 Å². The van der Waals surface area contributed by atoms with Crippen molar-refractivity contribution >= 4 is 39.6 Å². The molecule has 11 nitrogen and oxygen atoms in total. The SMILES string of the molecule is CCN(CC)CC(=O)N(CCCn1c(CCOC)nc2c(N)nc3ccccc3c21)Cc1cccc(OCC(=O)OC(C)(C)C)c1. The molecule has 46 heavy (non-hydrogen) atoms. The standard InChI is InChI=1S/C35H48N6O5/c1-7-39(8-2)23-30(42)40(22-25-13-11-14-26(21-25)45-24-31(43)46-35(3,4)5)18-12-19-41-29(17-20-44-6)38-32-33(41)27-15-9-10-16-28(27)37-34(32)36/h9-11,13-16,21H,7-8,12,17-20,22-24H2,1-6H3,(H2,36,37). The second kappa shape index (κ2) is 15.9. The third-order valence-electron chi connectivity index (χ3n) is 7.68. The van der Waals surface area contributed by atoms with Crippen LogP contribution in [0.15, 0.2) is 48.5 Å². The van der Waals surface area contributed by atoms with Crippen LogP contribution in [0.3, 0.4) is 0 Å². The first kappa shape index (κ1) is 34.6. The fourth-order valence-electron chi connectivity index (χ4n) is 5.45. The van der Waals surface area contributed by atoms with Gasteiger partial charge < -0.3 is 29.4 Å². The van der Waals surface area contributed by atoms with E-state index >= 15 is 0 Å². The van der Waals surface area contributed by atoms with Gasteiger partial charge in [0.2, 0.25) is 5.91 Å². The average molecular weight is 633 g/mol. The first-order chi connectivity index (χ1) is 22.0. The van der Waals surface area contributed by atoms with Crippen LogP contribution in [0.1, 0.15) is 52.4 Å². The van der Waals surface area contributed by atoms with Crippen LogP contribution in [0.2, 0.25) is 0 Å². The molecule has 0 unspecified atom stereocenters. The zero-order valence-electron chi connectivity index (χ0n) is 28.0. The molecule has 0 radical (unpaired) electrons. The van der Waals surface area contributed by atoms with Crippen LogP contribution in [0.5, 0.6) is 5.75 Å². The number of carbonyl (C=O) groups excluding carboxylic acids is 2. The van der Waals surface area contributed by atoms with Crippen LogP contribution in [0.4, 0.5) is 5.82 Å². The van der Waals surface area contributed by atoms with Gasteiger partial charge in [0.15, 0.2) is 12.4 Å². The summed E-state index contributed by atoms with van der Waals surface area (Å²) in [6.45, 7) is 13.4. The van der Waals surface area contributed by atoms with Gasteiger partial charge in [-0.05, 0) is 64.0 Å². The van der Waals surface area contributed by atoms with Crippen molar-refractivity contribution in [1.29, 1.82) is 0 Å². The number of hydrogen-bond acceptors (Lipinski definition) is 9. The third-order valence-corrected chi connectivity index (χ3v) is 7.68. The molecule has 248 valence electrons. The number of pyridine rings is 1. The van der Waals surface area contributed by atoms with Crippen LogP contribution in [0, 0.1) is 0 Å². The van der Waals surface area contributed by atoms with Gasteiger partial charge in [-0.25, -0.2) is 14.8 Å². The predicted molar refractivity (Wildman–Crippen MR) is 181 cm³/mol. The number of ether oxygens (including phenoxy) is 3. The quantitative estimate of drug-likeness (QED) is 0.173. The fraction of sp³-hybridized carbons (Fsp3) is 0.486. The van der Waals surface area contributed by atoms with Gasteiger partial charge in [0, 0.05) is 38.6 Å². The van der Waals surface area contributed by atoms with E-state index in [0.29, 0.717) is 62.7 Å². The Bertz CT molecular complexity index is 1630. The van der Waals surface area contributed by atoms with E-state index in [4.69, 9.17) is 24.9 Å². The number of nitrogen functional groups attached to an aromatic ring is 1. The van der Waals surface area contributed by atoms with Gasteiger partial charge >= 0.3 is 5.97 Å². The molecule has 0 atom stereocenters. The van der Waals surface area contributed by atoms with Crippen molar-refractivity contribution < 1.29 is 23.8 Å². The number of aryl methyl sites for hydroxylation is 1. The maximum Gasteiger partial charge on any atom is 0.344 e. The first-order valence-corrected chi connectivity index (χ1v) is 16.0. The van der Waals surface area contributed by atoms with E-state index in [2.05, 4.69) is 28.3 Å². The molecule has 0 spiro atoms. The molecule has 2 aromatic heterocycles. The van der Waals surface area contributed by atoms with Crippen LogP contribution in [-0.2, 0) is 38.6 Å². The number of rotatable bonds is 16. The van der Waals surface area contributed by atoms with Crippen LogP contribution >= 0.6 is 0 Å². The normalized spacial score (nSPS) is 11.8. The van der Waals surface area contributed by atoms with E-state index in [1.165, 1.54) is 0 Å². The molecule has 0 bridgehead atoms. The van der Waals surface area contributed by atoms with Crippen LogP contribution in [0.25, 0.3) is 21.9 Å². The summed E-state index contributed by atoms with van der Waals surface area (Å²) >= 11 is 0. The predicted octanol–water partition coefficient (Wildman–Crippen LogP) is 4.84. The Morgan fingerprint density at radius 1 is 1.02 bits per heavy atom. The molecule has 0 aliphatic rings. The number of carbonyl (C=O) groups is 2. The average Bonchev–Trinajstić information content (AvgIpc) is 3.39. The third kappa shape index (κ3) is 9.17. The maximum absolute atomic E-state index is 13.7. The second-order valence-corrected chi connectivity index (χ2v) is 12.3. The van der Waals surface area contributed by atoms with Gasteiger partial charge in [-0.15, -0.1) is 0 Å². The van der Waals surface area contributed by atoms with Crippen molar-refractivity contribution in [1.82, 2.24) is 24.3 Å². The van der Waals surface area contributed by atoms with E-state index in [0.717, 1.165) is 40.9 Å². The first-order valence-electron chi connectivity index (χ1n) is 16.0. The summed E-state index contributed by atoms with van der Waals surface area (Å²) in [7, 11) is 1.68. The number of nitrogens with zero attached hydrogens (tertiary/aromatic N) is 5. The number of esters is 1. The number of fused-ring (bicyclic) bond motifs is 3. The molecule has 2 heterocycles. The Morgan fingerprint density at radius 3 is 2.50 bits per heavy atom. The number of methoxy groups -OCH3 is 1. The summed E-state index contributed by atoms with van der Waals surface area (Å²) in [6.07, 6.45) is 1.32. The summed E-state index contributed by atoms with van der Waals surface area (Å²) < 4.78 is 18.7. The van der Waals surface area contributed by atoms with Crippen molar-refractivity contribution in [3.05, 3.63) is 59.9 Å². The number of hydrogen-bond donors (Lipinski definition) is 1. The number of benzene rings is 2. The van der Waals surface area contributed by atoms with E-state index < -0.39 is 11.6 Å². The second-order valence-electron chi connectivity index (χ2n) is 12.3. The molecule has 2 N–H and O–H groups in total. The van der Waals surface area contributed by atoms with E-state index in [1.54, 1.807) is 13.2 Å². The van der Waals surface area contributed by atoms with E-state index in [-0.39, 0.29) is 12.5 Å². The molecule has 11 heteroatoms. The number of aromatic nitrogens is 3. The Kier molecular flexibility index (Phi) is 11.9. The number of para-hydroxylation sites is 1. The molecule has 1 amide bonds. The van der Waals surface area contributed by atoms with E-state index in [1.807, 2.05) is 68.1 Å². The molecule has 0 aliphatic carbocycles. The highest BCUT2D eigenvalue weighted by atomic mass is 16.6. The Balaban J connectivity index is 1.55. The summed E-state index contributed by atoms with van der Waals surface area (Å²) in [5, 5.41) is 0.987. The highest BCUT2D eigenvalue weighted by Crippen LogP contribution is 2.29. The number of imidazole rings is 1. The van der Waals surface area contributed by atoms with Crippen LogP contribution < -0.4 is 10.5 Å². The number of nitrogens with two attached hydrogens (primary N) is 1. The fourth-order valence-corrected chi connectivity index (χ4v) is 5.45. The molecule has 4 rings (SSSR count). The van der Waals surface area contributed by atoms with Crippen molar-refractivity contribution in [2.45, 2.75) is 66.2 Å². The summed E-state index contributed by atoms with van der Waals surface area (Å²) in [5.41, 5.74) is 9.15. The molecular weight excluding hydrogens is 584 g/mol. The molecule has 0 saturated carbocycles. The lowest BCUT2D eigenvalue weighted by molar-refractivity contribution is -0.157. The smallest absolute Gasteiger partial charge is 0.344 e. The number of likely N-dealkylation sites (N-methyl/N-ethyl adjacent to an activating group) is 1. The van der Waals surface area contributed by atoms with Gasteiger partial charge in [0.1, 0.15) is 22.7 Å². The lowest BCUT2D eigenvalue weighted by Gasteiger charge is -2.27. The van der Waals surface area contributed by atoms with Gasteiger partial charge in [-0.2, -0.15) is 0 Å². The molecule has 0 aliphatic heterocycles. The number of anilines is 1. The molecular formula is C35H48N6O5. The maximum atomic E-state index is 13.7. The van der Waals surface area contributed by atoms with Gasteiger partial charge in [-0.1, -0.05) is 44.2 Å². The molecule has 4 aromatic rings. The minimum atomic E-state index is -0.585. The Hall–Kier alpha value is -4.22. The minimum Gasteiger partial charge on any atom is -0.482 e. The Morgan fingerprint density at radius 2 is 1.78 bits per heavy atom. The zero-order chi connectivity index (χ0) is 33.3. The molecule has 0 fully saturated rings. The summed E-state index contributed by atoms with van der Waals surface area (Å²) in [5.74, 6) is 1.44. The van der Waals surface area contributed by atoms with Gasteiger partial charge in [-0.3, -0.25) is 9.69 Å². The molecule has 0 saturated heterocycles. The summed E-state index contributed by atoms with van der Waals surface area (Å²) in [4.78, 5) is 39.3. The lowest BCUT2D eigenvalue weighted by Crippen LogP contribution is -2.40. The largest absolute Gasteiger partial charge is 0.482 e. The van der Waals surface area contributed by atoms with Crippen molar-refractivity contribution in [2.75, 3.05) is 52.2 Å². The monoisotopic (exact) mass is 632 g/mol. The minimum absolute atomic E-state index is 0.0535.